The van der Waals surface area contributed by atoms with Crippen molar-refractivity contribution in [2.24, 2.45) is 23.7 Å². The van der Waals surface area contributed by atoms with Gasteiger partial charge in [0.15, 0.2) is 5.78 Å². The van der Waals surface area contributed by atoms with Crippen molar-refractivity contribution in [3.63, 3.8) is 0 Å². The van der Waals surface area contributed by atoms with Crippen LogP contribution in [-0.2, 0) is 4.79 Å². The Labute approximate surface area is 91.2 Å². The van der Waals surface area contributed by atoms with E-state index in [0.29, 0.717) is 23.5 Å². The average Bonchev–Trinajstić information content (AvgIpc) is 2.73. The van der Waals surface area contributed by atoms with Gasteiger partial charge in [-0.1, -0.05) is 17.2 Å². The topological polar surface area (TPSA) is 17.1 Å². The minimum absolute atomic E-state index is 0.346. The van der Waals surface area contributed by atoms with Crippen molar-refractivity contribution in [3.05, 3.63) is 23.3 Å². The highest BCUT2D eigenvalue weighted by atomic mass is 16.1. The van der Waals surface area contributed by atoms with Gasteiger partial charge >= 0.3 is 0 Å². The van der Waals surface area contributed by atoms with E-state index in [0.717, 1.165) is 12.3 Å². The molecule has 2 bridgehead atoms. The molecule has 0 unspecified atom stereocenters. The largest absolute Gasteiger partial charge is 0.295 e. The smallest absolute Gasteiger partial charge is 0.159 e. The Balaban J connectivity index is 2.06. The highest BCUT2D eigenvalue weighted by molar-refractivity contribution is 5.94. The van der Waals surface area contributed by atoms with Gasteiger partial charge < -0.3 is 0 Å². The molecule has 2 saturated carbocycles. The van der Waals surface area contributed by atoms with E-state index < -0.39 is 0 Å². The van der Waals surface area contributed by atoms with E-state index in [1.165, 1.54) is 18.4 Å². The third kappa shape index (κ3) is 1.12. The van der Waals surface area contributed by atoms with Gasteiger partial charge in [-0.3, -0.25) is 4.79 Å². The lowest BCUT2D eigenvalue weighted by atomic mass is 9.73. The summed E-state index contributed by atoms with van der Waals surface area (Å²) in [5.74, 6) is 2.73. The first-order chi connectivity index (χ1) is 7.20. The highest BCUT2D eigenvalue weighted by Crippen LogP contribution is 2.59. The third-order valence-corrected chi connectivity index (χ3v) is 4.60. The Morgan fingerprint density at radius 2 is 2.00 bits per heavy atom. The number of rotatable bonds is 0. The van der Waals surface area contributed by atoms with Gasteiger partial charge in [-0.25, -0.2) is 0 Å². The van der Waals surface area contributed by atoms with Gasteiger partial charge in [0.25, 0.3) is 0 Å². The molecule has 0 radical (unpaired) electrons. The molecule has 2 fully saturated rings. The van der Waals surface area contributed by atoms with Gasteiger partial charge in [0, 0.05) is 5.92 Å². The van der Waals surface area contributed by atoms with Gasteiger partial charge in [-0.05, 0) is 56.9 Å². The van der Waals surface area contributed by atoms with Crippen molar-refractivity contribution >= 4 is 5.78 Å². The van der Waals surface area contributed by atoms with E-state index in [1.807, 2.05) is 6.08 Å². The molecule has 0 N–H and O–H groups in total. The number of hydrogen-bond donors (Lipinski definition) is 0. The Kier molecular flexibility index (Phi) is 1.92. The van der Waals surface area contributed by atoms with E-state index in [1.54, 1.807) is 5.57 Å². The summed E-state index contributed by atoms with van der Waals surface area (Å²) < 4.78 is 0. The fraction of sp³-hybridized carbons (Fsp3) is 0.643. The average molecular weight is 202 g/mol. The second-order valence-electron chi connectivity index (χ2n) is 5.48. The lowest BCUT2D eigenvalue weighted by molar-refractivity contribution is -0.121. The number of allylic oxidation sites excluding steroid dienone is 4. The molecule has 0 spiro atoms. The molecule has 3 aliphatic rings. The SMILES string of the molecule is CC(C)=C1[C@H]2CC[C@H]1[C@H]1C(=O)C=CC[C@H]12. The van der Waals surface area contributed by atoms with Gasteiger partial charge in [0.05, 0.1) is 0 Å². The molecule has 15 heavy (non-hydrogen) atoms. The van der Waals surface area contributed by atoms with Gasteiger partial charge in [0.1, 0.15) is 0 Å². The Morgan fingerprint density at radius 3 is 2.67 bits per heavy atom. The second-order valence-corrected chi connectivity index (χ2v) is 5.48. The van der Waals surface area contributed by atoms with Crippen LogP contribution in [0.4, 0.5) is 0 Å². The summed E-state index contributed by atoms with van der Waals surface area (Å²) in [5, 5.41) is 0. The van der Waals surface area contributed by atoms with E-state index in [4.69, 9.17) is 0 Å². The van der Waals surface area contributed by atoms with Crippen molar-refractivity contribution in [1.29, 1.82) is 0 Å². The van der Waals surface area contributed by atoms with E-state index in [2.05, 4.69) is 19.9 Å². The number of ketones is 1. The quantitative estimate of drug-likeness (QED) is 0.551. The molecule has 0 amide bonds. The molecule has 1 heteroatoms. The maximum Gasteiger partial charge on any atom is 0.159 e. The molecule has 3 aliphatic carbocycles. The van der Waals surface area contributed by atoms with Crippen molar-refractivity contribution < 1.29 is 4.79 Å². The minimum Gasteiger partial charge on any atom is -0.295 e. The molecule has 80 valence electrons. The molecule has 0 aromatic heterocycles. The molecule has 3 rings (SSSR count). The Hall–Kier alpha value is -0.850. The van der Waals surface area contributed by atoms with Crippen LogP contribution in [0.15, 0.2) is 23.3 Å². The first-order valence-corrected chi connectivity index (χ1v) is 6.08. The zero-order valence-electron chi connectivity index (χ0n) is 9.49. The molecule has 4 atom stereocenters. The first kappa shape index (κ1) is 9.38. The van der Waals surface area contributed by atoms with E-state index in [-0.39, 0.29) is 0 Å². The summed E-state index contributed by atoms with van der Waals surface area (Å²) in [6.07, 6.45) is 7.63. The fourth-order valence-electron chi connectivity index (χ4n) is 4.23. The first-order valence-electron chi connectivity index (χ1n) is 6.08. The standard InChI is InChI=1S/C14H18O/c1-8(2)13-10-6-7-11(13)14-9(10)4-3-5-12(14)15/h3,5,9-11,14H,4,6-7H2,1-2H3/t9-,10-,11+,14-/m0/s1. The summed E-state index contributed by atoms with van der Waals surface area (Å²) in [6, 6.07) is 0. The van der Waals surface area contributed by atoms with Crippen LogP contribution >= 0.6 is 0 Å². The molecule has 0 heterocycles. The van der Waals surface area contributed by atoms with Crippen LogP contribution in [0.3, 0.4) is 0 Å². The summed E-state index contributed by atoms with van der Waals surface area (Å²) in [4.78, 5) is 11.9. The van der Waals surface area contributed by atoms with Gasteiger partial charge in [-0.15, -0.1) is 0 Å². The predicted molar refractivity (Wildman–Crippen MR) is 60.3 cm³/mol. The number of carbonyl (C=O) groups excluding carboxylic acids is 1. The third-order valence-electron chi connectivity index (χ3n) is 4.60. The molecule has 1 nitrogen and oxygen atoms in total. The van der Waals surface area contributed by atoms with Crippen molar-refractivity contribution in [1.82, 2.24) is 0 Å². The molecule has 0 saturated heterocycles. The van der Waals surface area contributed by atoms with Crippen LogP contribution in [0.2, 0.25) is 0 Å². The number of carbonyl (C=O) groups is 1. The highest BCUT2D eigenvalue weighted by Gasteiger charge is 2.53. The van der Waals surface area contributed by atoms with Gasteiger partial charge in [-0.2, -0.15) is 0 Å². The van der Waals surface area contributed by atoms with E-state index in [9.17, 15) is 4.79 Å². The van der Waals surface area contributed by atoms with Crippen LogP contribution in [0, 0.1) is 23.7 Å². The van der Waals surface area contributed by atoms with Crippen LogP contribution in [-0.4, -0.2) is 5.78 Å². The minimum atomic E-state index is 0.346. The summed E-state index contributed by atoms with van der Waals surface area (Å²) in [5.41, 5.74) is 3.12. The molecule has 0 aromatic rings. The van der Waals surface area contributed by atoms with E-state index >= 15 is 0 Å². The Bertz CT molecular complexity index is 371. The molecule has 0 aliphatic heterocycles. The normalized spacial score (nSPS) is 42.3. The Morgan fingerprint density at radius 1 is 1.27 bits per heavy atom. The second kappa shape index (κ2) is 3.07. The lowest BCUT2D eigenvalue weighted by Crippen LogP contribution is -2.30. The van der Waals surface area contributed by atoms with Gasteiger partial charge in [0.2, 0.25) is 0 Å². The number of fused-ring (bicyclic) bond motifs is 5. The summed E-state index contributed by atoms with van der Waals surface area (Å²) in [7, 11) is 0. The zero-order chi connectivity index (χ0) is 10.6. The lowest BCUT2D eigenvalue weighted by Gasteiger charge is -2.30. The zero-order valence-corrected chi connectivity index (χ0v) is 9.49. The van der Waals surface area contributed by atoms with Crippen molar-refractivity contribution in [2.45, 2.75) is 33.1 Å². The van der Waals surface area contributed by atoms with Crippen LogP contribution in [0.5, 0.6) is 0 Å². The molecular weight excluding hydrogens is 184 g/mol. The summed E-state index contributed by atoms with van der Waals surface area (Å²) in [6.45, 7) is 4.44. The van der Waals surface area contributed by atoms with Crippen molar-refractivity contribution in [2.75, 3.05) is 0 Å². The molecule has 0 aromatic carbocycles. The van der Waals surface area contributed by atoms with Crippen LogP contribution < -0.4 is 0 Å². The summed E-state index contributed by atoms with van der Waals surface area (Å²) >= 11 is 0. The number of hydrogen-bond acceptors (Lipinski definition) is 1. The van der Waals surface area contributed by atoms with Crippen molar-refractivity contribution in [3.8, 4) is 0 Å². The fourth-order valence-corrected chi connectivity index (χ4v) is 4.23. The van der Waals surface area contributed by atoms with Crippen LogP contribution in [0.25, 0.3) is 0 Å². The van der Waals surface area contributed by atoms with Crippen LogP contribution in [0.1, 0.15) is 33.1 Å². The maximum absolute atomic E-state index is 11.9. The maximum atomic E-state index is 11.9. The monoisotopic (exact) mass is 202 g/mol. The predicted octanol–water partition coefficient (Wildman–Crippen LogP) is 3.12. The molecular formula is C14H18O.